The highest BCUT2D eigenvalue weighted by molar-refractivity contribution is 5.95. The number of hydrogen-bond acceptors (Lipinski definition) is 5. The van der Waals surface area contributed by atoms with Crippen LogP contribution in [0.15, 0.2) is 67.1 Å². The van der Waals surface area contributed by atoms with Crippen LogP contribution in [0.2, 0.25) is 0 Å². The van der Waals surface area contributed by atoms with Crippen molar-refractivity contribution in [3.63, 3.8) is 0 Å². The maximum atomic E-state index is 4.57. The molecule has 6 heteroatoms. The van der Waals surface area contributed by atoms with Crippen LogP contribution in [0.25, 0.3) is 22.2 Å². The molecule has 5 rings (SSSR count). The molecule has 0 atom stereocenters. The lowest BCUT2D eigenvalue weighted by molar-refractivity contribution is 0.313. The van der Waals surface area contributed by atoms with Crippen molar-refractivity contribution in [1.29, 1.82) is 0 Å². The quantitative estimate of drug-likeness (QED) is 0.554. The van der Waals surface area contributed by atoms with Crippen molar-refractivity contribution < 1.29 is 0 Å². The zero-order valence-electron chi connectivity index (χ0n) is 16.5. The van der Waals surface area contributed by atoms with E-state index in [0.29, 0.717) is 0 Å². The molecule has 0 amide bonds. The molecule has 6 nitrogen and oxygen atoms in total. The van der Waals surface area contributed by atoms with Gasteiger partial charge in [-0.2, -0.15) is 0 Å². The minimum atomic E-state index is 0.848. The molecule has 1 fully saturated rings. The first-order valence-electron chi connectivity index (χ1n) is 9.95. The highest BCUT2D eigenvalue weighted by Gasteiger charge is 2.14. The van der Waals surface area contributed by atoms with Gasteiger partial charge in [0.1, 0.15) is 5.82 Å². The third-order valence-electron chi connectivity index (χ3n) is 5.52. The summed E-state index contributed by atoms with van der Waals surface area (Å²) in [6, 6.07) is 16.7. The number of rotatable bonds is 4. The van der Waals surface area contributed by atoms with E-state index in [1.54, 1.807) is 6.20 Å². The number of aromatic nitrogens is 3. The molecule has 146 valence electrons. The Hall–Kier alpha value is -3.38. The molecule has 1 saturated heterocycles. The summed E-state index contributed by atoms with van der Waals surface area (Å²) in [5.74, 6) is 0.848. The Bertz CT molecular complexity index is 1100. The summed E-state index contributed by atoms with van der Waals surface area (Å²) in [5.41, 5.74) is 5.46. The first-order chi connectivity index (χ1) is 14.3. The molecular formula is C23H24N6. The summed E-state index contributed by atoms with van der Waals surface area (Å²) in [7, 11) is 2.18. The molecule has 0 aliphatic carbocycles. The van der Waals surface area contributed by atoms with E-state index < -0.39 is 0 Å². The lowest BCUT2D eigenvalue weighted by Gasteiger charge is -2.34. The Balaban J connectivity index is 1.38. The van der Waals surface area contributed by atoms with Gasteiger partial charge in [-0.25, -0.2) is 4.98 Å². The fraction of sp³-hybridized carbons (Fsp3) is 0.217. The Morgan fingerprint density at radius 3 is 2.55 bits per heavy atom. The van der Waals surface area contributed by atoms with Gasteiger partial charge in [0, 0.05) is 72.8 Å². The molecule has 29 heavy (non-hydrogen) atoms. The summed E-state index contributed by atoms with van der Waals surface area (Å²) in [6.45, 7) is 4.37. The van der Waals surface area contributed by atoms with E-state index >= 15 is 0 Å². The van der Waals surface area contributed by atoms with Crippen molar-refractivity contribution in [2.45, 2.75) is 0 Å². The topological polar surface area (TPSA) is 60.1 Å². The molecule has 0 radical (unpaired) electrons. The molecule has 3 aromatic heterocycles. The largest absolute Gasteiger partial charge is 0.369 e. The molecule has 0 spiro atoms. The number of H-pyrrole nitrogens is 1. The normalized spacial score (nSPS) is 15.0. The van der Waals surface area contributed by atoms with E-state index in [0.717, 1.165) is 59.8 Å². The number of piperazine rings is 1. The Kier molecular flexibility index (Phi) is 4.62. The molecule has 1 aromatic carbocycles. The van der Waals surface area contributed by atoms with Crippen LogP contribution in [-0.2, 0) is 0 Å². The van der Waals surface area contributed by atoms with Crippen LogP contribution in [0, 0.1) is 0 Å². The number of likely N-dealkylation sites (N-methyl/N-ethyl adjacent to an activating group) is 1. The van der Waals surface area contributed by atoms with Gasteiger partial charge < -0.3 is 20.1 Å². The number of fused-ring (bicyclic) bond motifs is 1. The Morgan fingerprint density at radius 1 is 0.966 bits per heavy atom. The third-order valence-corrected chi connectivity index (χ3v) is 5.52. The number of nitrogens with zero attached hydrogens (tertiary/aromatic N) is 4. The number of anilines is 3. The average molecular weight is 384 g/mol. The first kappa shape index (κ1) is 17.7. The first-order valence-corrected chi connectivity index (χ1v) is 9.95. The summed E-state index contributed by atoms with van der Waals surface area (Å²) in [4.78, 5) is 17.1. The molecule has 4 heterocycles. The molecule has 1 aliphatic rings. The van der Waals surface area contributed by atoms with Crippen LogP contribution in [-0.4, -0.2) is 53.1 Å². The van der Waals surface area contributed by atoms with Gasteiger partial charge in [-0.3, -0.25) is 4.98 Å². The Labute approximate surface area is 170 Å². The monoisotopic (exact) mass is 384 g/mol. The maximum absolute atomic E-state index is 4.57. The molecule has 4 aromatic rings. The lowest BCUT2D eigenvalue weighted by Crippen LogP contribution is -2.44. The van der Waals surface area contributed by atoms with Crippen LogP contribution in [0.5, 0.6) is 0 Å². The van der Waals surface area contributed by atoms with Crippen molar-refractivity contribution in [2.24, 2.45) is 0 Å². The standard InChI is InChI=1S/C23H24N6/c1-28-11-13-29(14-12-28)19-6-4-18(5-7-19)26-23-20-15-22(17-3-2-9-24-16-17)27-21(20)8-10-25-23/h2-10,15-16,27H,11-14H2,1H3,(H,25,26). The van der Waals surface area contributed by atoms with Gasteiger partial charge in [0.25, 0.3) is 0 Å². The number of hydrogen-bond donors (Lipinski definition) is 2. The van der Waals surface area contributed by atoms with Crippen molar-refractivity contribution in [2.75, 3.05) is 43.4 Å². The van der Waals surface area contributed by atoms with Gasteiger partial charge in [-0.15, -0.1) is 0 Å². The fourth-order valence-electron chi connectivity index (χ4n) is 3.79. The average Bonchev–Trinajstić information content (AvgIpc) is 3.21. The van der Waals surface area contributed by atoms with E-state index in [4.69, 9.17) is 0 Å². The number of aromatic amines is 1. The second kappa shape index (κ2) is 7.56. The van der Waals surface area contributed by atoms with Crippen LogP contribution in [0.4, 0.5) is 17.2 Å². The maximum Gasteiger partial charge on any atom is 0.139 e. The number of pyridine rings is 2. The zero-order valence-corrected chi connectivity index (χ0v) is 16.5. The highest BCUT2D eigenvalue weighted by atomic mass is 15.2. The predicted octanol–water partition coefficient (Wildman–Crippen LogP) is 4.12. The number of benzene rings is 1. The van der Waals surface area contributed by atoms with Gasteiger partial charge in [-0.05, 0) is 55.6 Å². The van der Waals surface area contributed by atoms with Crippen LogP contribution >= 0.6 is 0 Å². The van der Waals surface area contributed by atoms with E-state index in [9.17, 15) is 0 Å². The van der Waals surface area contributed by atoms with Crippen molar-refractivity contribution in [3.05, 3.63) is 67.1 Å². The molecule has 0 bridgehead atoms. The van der Waals surface area contributed by atoms with E-state index in [2.05, 4.69) is 73.5 Å². The molecule has 1 aliphatic heterocycles. The second-order valence-corrected chi connectivity index (χ2v) is 7.51. The molecule has 0 saturated carbocycles. The van der Waals surface area contributed by atoms with Crippen LogP contribution in [0.1, 0.15) is 0 Å². The smallest absolute Gasteiger partial charge is 0.139 e. The van der Waals surface area contributed by atoms with Gasteiger partial charge in [0.05, 0.1) is 5.52 Å². The van der Waals surface area contributed by atoms with Gasteiger partial charge in [0.2, 0.25) is 0 Å². The molecule has 2 N–H and O–H groups in total. The molecule has 0 unspecified atom stereocenters. The van der Waals surface area contributed by atoms with Crippen molar-refractivity contribution in [3.8, 4) is 11.3 Å². The summed E-state index contributed by atoms with van der Waals surface area (Å²) < 4.78 is 0. The lowest BCUT2D eigenvalue weighted by atomic mass is 10.2. The van der Waals surface area contributed by atoms with Crippen molar-refractivity contribution in [1.82, 2.24) is 19.9 Å². The number of nitrogens with one attached hydrogen (secondary N) is 2. The summed E-state index contributed by atoms with van der Waals surface area (Å²) >= 11 is 0. The Morgan fingerprint density at radius 2 is 1.79 bits per heavy atom. The SMILES string of the molecule is CN1CCN(c2ccc(Nc3nccc4[nH]c(-c5cccnc5)cc34)cc2)CC1. The predicted molar refractivity (Wildman–Crippen MR) is 119 cm³/mol. The van der Waals surface area contributed by atoms with Gasteiger partial charge in [0.15, 0.2) is 0 Å². The van der Waals surface area contributed by atoms with Crippen LogP contribution < -0.4 is 10.2 Å². The highest BCUT2D eigenvalue weighted by Crippen LogP contribution is 2.29. The third kappa shape index (κ3) is 3.67. The summed E-state index contributed by atoms with van der Waals surface area (Å²) in [6.07, 6.45) is 5.47. The van der Waals surface area contributed by atoms with Crippen LogP contribution in [0.3, 0.4) is 0 Å². The van der Waals surface area contributed by atoms with Gasteiger partial charge >= 0.3 is 0 Å². The summed E-state index contributed by atoms with van der Waals surface area (Å²) in [5, 5.41) is 4.54. The van der Waals surface area contributed by atoms with E-state index in [1.165, 1.54) is 5.69 Å². The fourth-order valence-corrected chi connectivity index (χ4v) is 3.79. The zero-order chi connectivity index (χ0) is 19.6. The minimum absolute atomic E-state index is 0.848. The van der Waals surface area contributed by atoms with Crippen molar-refractivity contribution >= 4 is 28.1 Å². The molecular weight excluding hydrogens is 360 g/mol. The minimum Gasteiger partial charge on any atom is -0.369 e. The van der Waals surface area contributed by atoms with Gasteiger partial charge in [-0.1, -0.05) is 0 Å². The van der Waals surface area contributed by atoms with E-state index in [1.807, 2.05) is 24.5 Å². The second-order valence-electron chi connectivity index (χ2n) is 7.51. The van der Waals surface area contributed by atoms with E-state index in [-0.39, 0.29) is 0 Å².